The Hall–Kier alpha value is -2.80. The molecule has 1 fully saturated rings. The van der Waals surface area contributed by atoms with Gasteiger partial charge in [0, 0.05) is 29.7 Å². The smallest absolute Gasteiger partial charge is 0.550 e. The standard InChI is InChI=1S/C26H26N2O4.Na/c1-31-28-25(20-5-3-2-4-6-20)17-32-22-13-7-18(8-14-22)16-27-21-11-9-19(10-12-21)23-15-24(23)26(29)30;/h2-14,23-24,27H,15-17H2,1H3,(H,29,30);/q;+1/p-1. The van der Waals surface area contributed by atoms with Crippen LogP contribution in [0.2, 0.25) is 0 Å². The van der Waals surface area contributed by atoms with Gasteiger partial charge in [0.15, 0.2) is 0 Å². The molecular formula is C26H25N2NaO4. The molecule has 0 spiro atoms. The number of carboxylic acids is 1. The largest absolute Gasteiger partial charge is 1.00 e. The number of nitrogens with zero attached hydrogens (tertiary/aromatic N) is 1. The Morgan fingerprint density at radius 2 is 1.73 bits per heavy atom. The van der Waals surface area contributed by atoms with Crippen LogP contribution >= 0.6 is 0 Å². The first-order valence-corrected chi connectivity index (χ1v) is 10.6. The molecule has 3 aromatic rings. The number of benzene rings is 3. The molecule has 1 aliphatic rings. The van der Waals surface area contributed by atoms with Crippen LogP contribution in [0.25, 0.3) is 0 Å². The van der Waals surface area contributed by atoms with Crippen molar-refractivity contribution >= 4 is 17.4 Å². The van der Waals surface area contributed by atoms with Crippen molar-refractivity contribution in [3.05, 3.63) is 95.6 Å². The molecule has 164 valence electrons. The van der Waals surface area contributed by atoms with Gasteiger partial charge in [-0.1, -0.05) is 59.8 Å². The molecule has 0 heterocycles. The molecule has 1 N–H and O–H groups in total. The van der Waals surface area contributed by atoms with E-state index in [4.69, 9.17) is 9.57 Å². The number of carboxylic acid groups (broad SMARTS) is 1. The molecule has 0 radical (unpaired) electrons. The summed E-state index contributed by atoms with van der Waals surface area (Å²) in [4.78, 5) is 15.9. The van der Waals surface area contributed by atoms with Crippen molar-refractivity contribution in [2.24, 2.45) is 11.1 Å². The summed E-state index contributed by atoms with van der Waals surface area (Å²) >= 11 is 0. The summed E-state index contributed by atoms with van der Waals surface area (Å²) in [7, 11) is 1.52. The monoisotopic (exact) mass is 452 g/mol. The summed E-state index contributed by atoms with van der Waals surface area (Å²) in [6.45, 7) is 0.979. The normalized spacial score (nSPS) is 16.9. The molecular weight excluding hydrogens is 427 g/mol. The minimum atomic E-state index is -0.952. The van der Waals surface area contributed by atoms with Crippen molar-refractivity contribution in [2.45, 2.75) is 18.9 Å². The molecule has 1 saturated carbocycles. The number of rotatable bonds is 10. The number of carbonyl (C=O) groups excluding carboxylic acids is 1. The second-order valence-electron chi connectivity index (χ2n) is 7.76. The Bertz CT molecular complexity index is 1070. The fourth-order valence-electron chi connectivity index (χ4n) is 3.63. The van der Waals surface area contributed by atoms with Crippen molar-refractivity contribution < 1.29 is 49.0 Å². The summed E-state index contributed by atoms with van der Waals surface area (Å²) in [6.07, 6.45) is 0.674. The third-order valence-electron chi connectivity index (χ3n) is 5.54. The van der Waals surface area contributed by atoms with Gasteiger partial charge in [-0.25, -0.2) is 0 Å². The summed E-state index contributed by atoms with van der Waals surface area (Å²) < 4.78 is 5.88. The van der Waals surface area contributed by atoms with Gasteiger partial charge in [0.05, 0.1) is 0 Å². The van der Waals surface area contributed by atoms with E-state index in [0.29, 0.717) is 19.6 Å². The minimum Gasteiger partial charge on any atom is -0.550 e. The number of oxime groups is 1. The van der Waals surface area contributed by atoms with E-state index in [0.717, 1.165) is 33.8 Å². The first-order chi connectivity index (χ1) is 15.6. The van der Waals surface area contributed by atoms with Crippen LogP contribution in [0.1, 0.15) is 29.0 Å². The molecule has 0 amide bonds. The number of ether oxygens (including phenoxy) is 1. The molecule has 0 saturated heterocycles. The number of nitrogens with one attached hydrogen (secondary N) is 1. The molecule has 2 unspecified atom stereocenters. The number of hydrogen-bond acceptors (Lipinski definition) is 6. The summed E-state index contributed by atoms with van der Waals surface area (Å²) in [5.74, 6) is -0.436. The van der Waals surface area contributed by atoms with E-state index in [2.05, 4.69) is 10.5 Å². The van der Waals surface area contributed by atoms with Gasteiger partial charge in [0.25, 0.3) is 0 Å². The SMILES string of the molecule is CON=C(COc1ccc(CNc2ccc(C3CC3C(=O)[O-])cc2)cc1)c1ccccc1.[Na+]. The van der Waals surface area contributed by atoms with E-state index in [9.17, 15) is 9.90 Å². The van der Waals surface area contributed by atoms with E-state index in [-0.39, 0.29) is 41.4 Å². The van der Waals surface area contributed by atoms with E-state index < -0.39 is 5.97 Å². The Morgan fingerprint density at radius 1 is 1.03 bits per heavy atom. The molecule has 3 aromatic carbocycles. The fourth-order valence-corrected chi connectivity index (χ4v) is 3.63. The zero-order chi connectivity index (χ0) is 22.3. The predicted octanol–water partition coefficient (Wildman–Crippen LogP) is 0.586. The summed E-state index contributed by atoms with van der Waals surface area (Å²) in [5, 5.41) is 18.4. The maximum atomic E-state index is 10.9. The second-order valence-corrected chi connectivity index (χ2v) is 7.76. The van der Waals surface area contributed by atoms with E-state index >= 15 is 0 Å². The Labute approximate surface area is 215 Å². The first kappa shape index (κ1) is 24.8. The van der Waals surface area contributed by atoms with Crippen molar-refractivity contribution in [3.8, 4) is 5.75 Å². The van der Waals surface area contributed by atoms with Crippen LogP contribution in [-0.4, -0.2) is 25.4 Å². The predicted molar refractivity (Wildman–Crippen MR) is 122 cm³/mol. The van der Waals surface area contributed by atoms with Crippen molar-refractivity contribution in [1.29, 1.82) is 0 Å². The summed E-state index contributed by atoms with van der Waals surface area (Å²) in [5.41, 5.74) is 4.84. The summed E-state index contributed by atoms with van der Waals surface area (Å²) in [6, 6.07) is 25.6. The number of anilines is 1. The van der Waals surface area contributed by atoms with Gasteiger partial charge >= 0.3 is 29.6 Å². The second kappa shape index (κ2) is 11.9. The number of aliphatic carboxylic acids is 1. The van der Waals surface area contributed by atoms with Crippen LogP contribution < -0.4 is 44.7 Å². The maximum Gasteiger partial charge on any atom is 1.00 e. The average molecular weight is 452 g/mol. The van der Waals surface area contributed by atoms with Crippen molar-refractivity contribution in [1.82, 2.24) is 0 Å². The Balaban J connectivity index is 0.00000306. The van der Waals surface area contributed by atoms with Crippen molar-refractivity contribution in [3.63, 3.8) is 0 Å². The quantitative estimate of drug-likeness (QED) is 0.277. The number of carbonyl (C=O) groups is 1. The zero-order valence-corrected chi connectivity index (χ0v) is 20.9. The Morgan fingerprint density at radius 3 is 2.33 bits per heavy atom. The molecule has 0 bridgehead atoms. The van der Waals surface area contributed by atoms with E-state index in [1.165, 1.54) is 7.11 Å². The van der Waals surface area contributed by atoms with Crippen LogP contribution in [-0.2, 0) is 16.2 Å². The molecule has 0 aliphatic heterocycles. The molecule has 7 heteroatoms. The third kappa shape index (κ3) is 6.84. The fraction of sp³-hybridized carbons (Fsp3) is 0.231. The van der Waals surface area contributed by atoms with Gasteiger partial charge in [-0.2, -0.15) is 0 Å². The van der Waals surface area contributed by atoms with Gasteiger partial charge < -0.3 is 24.8 Å². The van der Waals surface area contributed by atoms with Gasteiger partial charge in [-0.3, -0.25) is 0 Å². The molecule has 0 aromatic heterocycles. The number of hydrogen-bond donors (Lipinski definition) is 1. The van der Waals surface area contributed by atoms with Gasteiger partial charge in [-0.05, 0) is 47.7 Å². The third-order valence-corrected chi connectivity index (χ3v) is 5.54. The van der Waals surface area contributed by atoms with Crippen molar-refractivity contribution in [2.75, 3.05) is 19.0 Å². The van der Waals surface area contributed by atoms with Crippen LogP contribution in [0.3, 0.4) is 0 Å². The Kier molecular flexibility index (Phi) is 8.95. The zero-order valence-electron chi connectivity index (χ0n) is 18.9. The van der Waals surface area contributed by atoms with Crippen LogP contribution in [0.5, 0.6) is 5.75 Å². The molecule has 2 atom stereocenters. The van der Waals surface area contributed by atoms with Gasteiger partial charge in [-0.15, -0.1) is 0 Å². The van der Waals surface area contributed by atoms with Crippen LogP contribution in [0.4, 0.5) is 5.69 Å². The first-order valence-electron chi connectivity index (χ1n) is 10.6. The van der Waals surface area contributed by atoms with E-state index in [1.807, 2.05) is 78.9 Å². The van der Waals surface area contributed by atoms with E-state index in [1.54, 1.807) is 0 Å². The average Bonchev–Trinajstić information content (AvgIpc) is 3.63. The van der Waals surface area contributed by atoms with Crippen LogP contribution in [0, 0.1) is 5.92 Å². The molecule has 6 nitrogen and oxygen atoms in total. The topological polar surface area (TPSA) is 83.0 Å². The molecule has 1 aliphatic carbocycles. The van der Waals surface area contributed by atoms with Gasteiger partial charge in [0.1, 0.15) is 25.2 Å². The maximum absolute atomic E-state index is 10.9. The molecule has 4 rings (SSSR count). The molecule has 33 heavy (non-hydrogen) atoms. The van der Waals surface area contributed by atoms with Crippen LogP contribution in [0.15, 0.2) is 84.0 Å². The minimum absolute atomic E-state index is 0. The van der Waals surface area contributed by atoms with Gasteiger partial charge in [0.2, 0.25) is 0 Å².